The third kappa shape index (κ3) is 4.98. The first-order valence-electron chi connectivity index (χ1n) is 5.35. The molecule has 0 atom stereocenters. The van der Waals surface area contributed by atoms with Gasteiger partial charge in [0, 0.05) is 0 Å². The highest BCUT2D eigenvalue weighted by molar-refractivity contribution is 5.72. The molecule has 0 saturated carbocycles. The van der Waals surface area contributed by atoms with Crippen molar-refractivity contribution in [3.63, 3.8) is 0 Å². The monoisotopic (exact) mass is 225 g/mol. The SMILES string of the molecule is Cc1ccc(CNCC(=O)OC(C)(C)C)o1. The van der Waals surface area contributed by atoms with Gasteiger partial charge in [0.25, 0.3) is 0 Å². The van der Waals surface area contributed by atoms with E-state index in [2.05, 4.69) is 5.32 Å². The van der Waals surface area contributed by atoms with Gasteiger partial charge in [-0.25, -0.2) is 0 Å². The largest absolute Gasteiger partial charge is 0.465 e. The normalized spacial score (nSPS) is 11.5. The first-order chi connectivity index (χ1) is 7.37. The minimum Gasteiger partial charge on any atom is -0.465 e. The van der Waals surface area contributed by atoms with Gasteiger partial charge in [-0.2, -0.15) is 0 Å². The number of hydrogen-bond donors (Lipinski definition) is 1. The van der Waals surface area contributed by atoms with E-state index in [1.54, 1.807) is 0 Å². The molecule has 4 heteroatoms. The second kappa shape index (κ2) is 5.16. The van der Waals surface area contributed by atoms with Gasteiger partial charge in [0.15, 0.2) is 0 Å². The quantitative estimate of drug-likeness (QED) is 0.796. The molecule has 0 aliphatic carbocycles. The van der Waals surface area contributed by atoms with Crippen LogP contribution in [0.25, 0.3) is 0 Å². The van der Waals surface area contributed by atoms with Crippen LogP contribution in [-0.2, 0) is 16.1 Å². The van der Waals surface area contributed by atoms with Crippen LogP contribution in [0.2, 0.25) is 0 Å². The summed E-state index contributed by atoms with van der Waals surface area (Å²) in [5.41, 5.74) is -0.431. The van der Waals surface area contributed by atoms with Gasteiger partial charge in [-0.15, -0.1) is 0 Å². The molecule has 1 aromatic rings. The highest BCUT2D eigenvalue weighted by Crippen LogP contribution is 2.07. The van der Waals surface area contributed by atoms with Crippen LogP contribution in [0.5, 0.6) is 0 Å². The Labute approximate surface area is 96.0 Å². The molecule has 1 heterocycles. The third-order valence-corrected chi connectivity index (χ3v) is 1.78. The van der Waals surface area contributed by atoms with Crippen LogP contribution < -0.4 is 5.32 Å². The van der Waals surface area contributed by atoms with E-state index >= 15 is 0 Å². The second-order valence-corrected chi connectivity index (χ2v) is 4.70. The lowest BCUT2D eigenvalue weighted by atomic mass is 10.2. The van der Waals surface area contributed by atoms with Gasteiger partial charge in [-0.05, 0) is 39.8 Å². The van der Waals surface area contributed by atoms with Crippen molar-refractivity contribution in [2.24, 2.45) is 0 Å². The Balaban J connectivity index is 2.23. The van der Waals surface area contributed by atoms with Crippen molar-refractivity contribution in [3.8, 4) is 0 Å². The summed E-state index contributed by atoms with van der Waals surface area (Å²) in [5.74, 6) is 1.44. The minimum atomic E-state index is -0.431. The van der Waals surface area contributed by atoms with E-state index in [-0.39, 0.29) is 12.5 Å². The van der Waals surface area contributed by atoms with Crippen molar-refractivity contribution >= 4 is 5.97 Å². The van der Waals surface area contributed by atoms with Crippen LogP contribution in [0.4, 0.5) is 0 Å². The molecule has 0 spiro atoms. The number of ether oxygens (including phenoxy) is 1. The molecule has 0 aliphatic rings. The van der Waals surface area contributed by atoms with Crippen molar-refractivity contribution < 1.29 is 13.9 Å². The van der Waals surface area contributed by atoms with Gasteiger partial charge in [-0.1, -0.05) is 0 Å². The van der Waals surface area contributed by atoms with Crippen LogP contribution in [0, 0.1) is 6.92 Å². The summed E-state index contributed by atoms with van der Waals surface area (Å²) in [6.45, 7) is 8.16. The lowest BCUT2D eigenvalue weighted by Gasteiger charge is -2.19. The van der Waals surface area contributed by atoms with Gasteiger partial charge in [-0.3, -0.25) is 10.1 Å². The fourth-order valence-electron chi connectivity index (χ4n) is 1.25. The van der Waals surface area contributed by atoms with Crippen molar-refractivity contribution in [1.82, 2.24) is 5.32 Å². The molecule has 90 valence electrons. The lowest BCUT2D eigenvalue weighted by molar-refractivity contribution is -0.153. The van der Waals surface area contributed by atoms with Gasteiger partial charge in [0.05, 0.1) is 13.1 Å². The number of esters is 1. The topological polar surface area (TPSA) is 51.5 Å². The number of carbonyl (C=O) groups is 1. The molecule has 4 nitrogen and oxygen atoms in total. The molecule has 1 rings (SSSR count). The molecule has 0 fully saturated rings. The summed E-state index contributed by atoms with van der Waals surface area (Å²) in [6, 6.07) is 3.78. The maximum absolute atomic E-state index is 11.3. The molecular formula is C12H19NO3. The first kappa shape index (κ1) is 12.8. The number of nitrogens with one attached hydrogen (secondary N) is 1. The van der Waals surface area contributed by atoms with E-state index in [1.165, 1.54) is 0 Å². The summed E-state index contributed by atoms with van der Waals surface area (Å²) >= 11 is 0. The predicted octanol–water partition coefficient (Wildman–Crippen LogP) is 2.02. The van der Waals surface area contributed by atoms with E-state index < -0.39 is 5.60 Å². The Kier molecular flexibility index (Phi) is 4.12. The molecule has 0 saturated heterocycles. The Bertz CT molecular complexity index is 349. The van der Waals surface area contributed by atoms with E-state index in [9.17, 15) is 4.79 Å². The fourth-order valence-corrected chi connectivity index (χ4v) is 1.25. The number of rotatable bonds is 4. The summed E-state index contributed by atoms with van der Waals surface area (Å²) in [4.78, 5) is 11.3. The number of carbonyl (C=O) groups excluding carboxylic acids is 1. The Hall–Kier alpha value is -1.29. The van der Waals surface area contributed by atoms with Crippen LogP contribution in [0.15, 0.2) is 16.5 Å². The zero-order valence-electron chi connectivity index (χ0n) is 10.3. The Morgan fingerprint density at radius 1 is 1.44 bits per heavy atom. The van der Waals surface area contributed by atoms with Crippen molar-refractivity contribution in [1.29, 1.82) is 0 Å². The molecule has 0 aliphatic heterocycles. The third-order valence-electron chi connectivity index (χ3n) is 1.78. The maximum Gasteiger partial charge on any atom is 0.320 e. The Morgan fingerprint density at radius 3 is 2.62 bits per heavy atom. The molecule has 1 aromatic heterocycles. The highest BCUT2D eigenvalue weighted by Gasteiger charge is 2.15. The van der Waals surface area contributed by atoms with Crippen molar-refractivity contribution in [3.05, 3.63) is 23.7 Å². The molecular weight excluding hydrogens is 206 g/mol. The molecule has 0 unspecified atom stereocenters. The fraction of sp³-hybridized carbons (Fsp3) is 0.583. The minimum absolute atomic E-state index is 0.191. The summed E-state index contributed by atoms with van der Waals surface area (Å²) in [7, 11) is 0. The number of aryl methyl sites for hydroxylation is 1. The number of furan rings is 1. The summed E-state index contributed by atoms with van der Waals surface area (Å²) < 4.78 is 10.5. The van der Waals surface area contributed by atoms with E-state index in [1.807, 2.05) is 39.8 Å². The second-order valence-electron chi connectivity index (χ2n) is 4.70. The molecule has 16 heavy (non-hydrogen) atoms. The summed E-state index contributed by atoms with van der Waals surface area (Å²) in [6.07, 6.45) is 0. The number of hydrogen-bond acceptors (Lipinski definition) is 4. The zero-order chi connectivity index (χ0) is 12.2. The maximum atomic E-state index is 11.3. The smallest absolute Gasteiger partial charge is 0.320 e. The summed E-state index contributed by atoms with van der Waals surface area (Å²) in [5, 5.41) is 2.97. The van der Waals surface area contributed by atoms with Crippen LogP contribution in [-0.4, -0.2) is 18.1 Å². The highest BCUT2D eigenvalue weighted by atomic mass is 16.6. The van der Waals surface area contributed by atoms with Crippen LogP contribution in [0.1, 0.15) is 32.3 Å². The predicted molar refractivity (Wildman–Crippen MR) is 61.0 cm³/mol. The van der Waals surface area contributed by atoms with Crippen molar-refractivity contribution in [2.75, 3.05) is 6.54 Å². The Morgan fingerprint density at radius 2 is 2.12 bits per heavy atom. The van der Waals surface area contributed by atoms with Crippen LogP contribution >= 0.6 is 0 Å². The average Bonchev–Trinajstić information content (AvgIpc) is 2.48. The van der Waals surface area contributed by atoms with Crippen LogP contribution in [0.3, 0.4) is 0 Å². The van der Waals surface area contributed by atoms with E-state index in [0.717, 1.165) is 11.5 Å². The van der Waals surface area contributed by atoms with Gasteiger partial charge in [0.2, 0.25) is 0 Å². The molecule has 0 amide bonds. The van der Waals surface area contributed by atoms with E-state index in [0.29, 0.717) is 6.54 Å². The molecule has 0 bridgehead atoms. The lowest BCUT2D eigenvalue weighted by Crippen LogP contribution is -2.31. The molecule has 0 radical (unpaired) electrons. The van der Waals surface area contributed by atoms with Gasteiger partial charge >= 0.3 is 5.97 Å². The molecule has 0 aromatic carbocycles. The van der Waals surface area contributed by atoms with Crippen molar-refractivity contribution in [2.45, 2.75) is 39.8 Å². The zero-order valence-corrected chi connectivity index (χ0v) is 10.3. The van der Waals surface area contributed by atoms with E-state index in [4.69, 9.17) is 9.15 Å². The average molecular weight is 225 g/mol. The van der Waals surface area contributed by atoms with Gasteiger partial charge < -0.3 is 9.15 Å². The molecule has 1 N–H and O–H groups in total. The first-order valence-corrected chi connectivity index (χ1v) is 5.35. The standard InChI is InChI=1S/C12H19NO3/c1-9-5-6-10(15-9)7-13-8-11(14)16-12(2,3)4/h5-6,13H,7-8H2,1-4H3. The van der Waals surface area contributed by atoms with Gasteiger partial charge in [0.1, 0.15) is 17.1 Å².